The van der Waals surface area contributed by atoms with Crippen LogP contribution in [-0.2, 0) is 4.74 Å². The first kappa shape index (κ1) is 9.92. The van der Waals surface area contributed by atoms with Crippen molar-refractivity contribution in [2.45, 2.75) is 18.6 Å². The average Bonchev–Trinajstić information content (AvgIpc) is 2.09. The first-order valence-electron chi connectivity index (χ1n) is 4.45. The van der Waals surface area contributed by atoms with E-state index in [-0.39, 0.29) is 12.1 Å². The van der Waals surface area contributed by atoms with Crippen LogP contribution in [0.15, 0.2) is 0 Å². The highest BCUT2D eigenvalue weighted by atomic mass is 16.5. The Morgan fingerprint density at radius 3 is 3.17 bits per heavy atom. The fourth-order valence-electron chi connectivity index (χ4n) is 1.40. The Kier molecular flexibility index (Phi) is 4.53. The Hall–Kier alpha value is -0.160. The molecule has 0 aliphatic carbocycles. The zero-order valence-electron chi connectivity index (χ0n) is 7.55. The molecule has 1 saturated heterocycles. The number of nitrogens with one attached hydrogen (secondary N) is 2. The van der Waals surface area contributed by atoms with Crippen LogP contribution in [0, 0.1) is 0 Å². The van der Waals surface area contributed by atoms with Crippen LogP contribution in [0.1, 0.15) is 6.42 Å². The van der Waals surface area contributed by atoms with Crippen molar-refractivity contribution in [2.75, 3.05) is 33.4 Å². The standard InChI is InChI=1S/C8H18N2O2/c1-12-5-4-10-7-6-9-3-2-8(7)11/h7-11H,2-6H2,1H3/t7-,8-/m0/s1. The topological polar surface area (TPSA) is 53.5 Å². The van der Waals surface area contributed by atoms with E-state index in [1.807, 2.05) is 0 Å². The molecule has 3 N–H and O–H groups in total. The van der Waals surface area contributed by atoms with E-state index in [1.54, 1.807) is 7.11 Å². The van der Waals surface area contributed by atoms with Crippen molar-refractivity contribution in [3.8, 4) is 0 Å². The third-order valence-electron chi connectivity index (χ3n) is 2.16. The number of aliphatic hydroxyl groups excluding tert-OH is 1. The Bertz CT molecular complexity index is 122. The number of hydrogen-bond acceptors (Lipinski definition) is 4. The molecule has 72 valence electrons. The van der Waals surface area contributed by atoms with Crippen LogP contribution in [-0.4, -0.2) is 50.6 Å². The molecule has 1 fully saturated rings. The Morgan fingerprint density at radius 2 is 2.50 bits per heavy atom. The van der Waals surface area contributed by atoms with Crippen molar-refractivity contribution in [3.63, 3.8) is 0 Å². The number of rotatable bonds is 4. The molecule has 1 heterocycles. The molecule has 0 saturated carbocycles. The number of aliphatic hydroxyl groups is 1. The maximum atomic E-state index is 9.52. The molecule has 1 rings (SSSR count). The minimum atomic E-state index is -0.205. The van der Waals surface area contributed by atoms with E-state index in [1.165, 1.54) is 0 Å². The second-order valence-electron chi connectivity index (χ2n) is 3.11. The van der Waals surface area contributed by atoms with E-state index < -0.39 is 0 Å². The number of piperidine rings is 1. The van der Waals surface area contributed by atoms with Crippen LogP contribution >= 0.6 is 0 Å². The van der Waals surface area contributed by atoms with Gasteiger partial charge >= 0.3 is 0 Å². The summed E-state index contributed by atoms with van der Waals surface area (Å²) in [6.45, 7) is 3.28. The van der Waals surface area contributed by atoms with Crippen LogP contribution in [0.5, 0.6) is 0 Å². The summed E-state index contributed by atoms with van der Waals surface area (Å²) in [5.41, 5.74) is 0. The SMILES string of the molecule is COCCN[C@H]1CNCC[C@@H]1O. The highest BCUT2D eigenvalue weighted by Gasteiger charge is 2.21. The molecule has 1 aliphatic rings. The maximum Gasteiger partial charge on any atom is 0.0717 e. The van der Waals surface area contributed by atoms with Gasteiger partial charge in [0.1, 0.15) is 0 Å². The Labute approximate surface area is 73.3 Å². The van der Waals surface area contributed by atoms with Gasteiger partial charge in [0, 0.05) is 26.2 Å². The van der Waals surface area contributed by atoms with Crippen molar-refractivity contribution in [3.05, 3.63) is 0 Å². The van der Waals surface area contributed by atoms with Crippen molar-refractivity contribution in [1.82, 2.24) is 10.6 Å². The summed E-state index contributed by atoms with van der Waals surface area (Å²) in [5.74, 6) is 0. The first-order chi connectivity index (χ1) is 5.84. The van der Waals surface area contributed by atoms with E-state index in [2.05, 4.69) is 10.6 Å². The number of ether oxygens (including phenoxy) is 1. The van der Waals surface area contributed by atoms with Crippen molar-refractivity contribution in [2.24, 2.45) is 0 Å². The molecule has 0 aromatic heterocycles. The van der Waals surface area contributed by atoms with Gasteiger partial charge in [0.05, 0.1) is 12.7 Å². The summed E-state index contributed by atoms with van der Waals surface area (Å²) < 4.78 is 4.90. The lowest BCUT2D eigenvalue weighted by atomic mass is 10.0. The van der Waals surface area contributed by atoms with Crippen LogP contribution < -0.4 is 10.6 Å². The minimum Gasteiger partial charge on any atom is -0.391 e. The normalized spacial score (nSPS) is 30.5. The third kappa shape index (κ3) is 3.06. The lowest BCUT2D eigenvalue weighted by Gasteiger charge is -2.29. The molecule has 2 atom stereocenters. The molecule has 1 aliphatic heterocycles. The van der Waals surface area contributed by atoms with Gasteiger partial charge in [-0.2, -0.15) is 0 Å². The molecule has 0 spiro atoms. The monoisotopic (exact) mass is 174 g/mol. The van der Waals surface area contributed by atoms with Gasteiger partial charge in [0.2, 0.25) is 0 Å². The molecule has 0 bridgehead atoms. The molecule has 0 amide bonds. The van der Waals surface area contributed by atoms with Gasteiger partial charge in [-0.25, -0.2) is 0 Å². The Morgan fingerprint density at radius 1 is 1.67 bits per heavy atom. The molecule has 0 unspecified atom stereocenters. The van der Waals surface area contributed by atoms with E-state index in [9.17, 15) is 5.11 Å². The summed E-state index contributed by atoms with van der Waals surface area (Å²) >= 11 is 0. The van der Waals surface area contributed by atoms with Gasteiger partial charge in [0.25, 0.3) is 0 Å². The largest absolute Gasteiger partial charge is 0.391 e. The Balaban J connectivity index is 2.11. The fourth-order valence-corrected chi connectivity index (χ4v) is 1.40. The van der Waals surface area contributed by atoms with Gasteiger partial charge in [-0.3, -0.25) is 0 Å². The predicted octanol–water partition coefficient (Wildman–Crippen LogP) is -1.05. The molecule has 4 nitrogen and oxygen atoms in total. The third-order valence-corrected chi connectivity index (χ3v) is 2.16. The summed E-state index contributed by atoms with van der Waals surface area (Å²) in [6, 6.07) is 0.189. The average molecular weight is 174 g/mol. The van der Waals surface area contributed by atoms with E-state index in [0.717, 1.165) is 26.1 Å². The van der Waals surface area contributed by atoms with Crippen molar-refractivity contribution >= 4 is 0 Å². The van der Waals surface area contributed by atoms with Crippen LogP contribution in [0.3, 0.4) is 0 Å². The van der Waals surface area contributed by atoms with Gasteiger partial charge in [0.15, 0.2) is 0 Å². The molecule has 0 aromatic rings. The van der Waals surface area contributed by atoms with Gasteiger partial charge < -0.3 is 20.5 Å². The highest BCUT2D eigenvalue weighted by molar-refractivity contribution is 4.82. The van der Waals surface area contributed by atoms with Crippen molar-refractivity contribution in [1.29, 1.82) is 0 Å². The van der Waals surface area contributed by atoms with Gasteiger partial charge in [-0.1, -0.05) is 0 Å². The molecule has 0 aromatic carbocycles. The molecule has 0 radical (unpaired) electrons. The zero-order chi connectivity index (χ0) is 8.81. The molecular formula is C8H18N2O2. The fraction of sp³-hybridized carbons (Fsp3) is 1.00. The highest BCUT2D eigenvalue weighted by Crippen LogP contribution is 2.02. The second kappa shape index (κ2) is 5.48. The maximum absolute atomic E-state index is 9.52. The second-order valence-corrected chi connectivity index (χ2v) is 3.11. The number of methoxy groups -OCH3 is 1. The van der Waals surface area contributed by atoms with E-state index in [0.29, 0.717) is 6.61 Å². The smallest absolute Gasteiger partial charge is 0.0717 e. The predicted molar refractivity (Wildman–Crippen MR) is 47.2 cm³/mol. The summed E-state index contributed by atoms with van der Waals surface area (Å²) in [6.07, 6.45) is 0.632. The summed E-state index contributed by atoms with van der Waals surface area (Å²) in [7, 11) is 1.68. The number of hydrogen-bond donors (Lipinski definition) is 3. The lowest BCUT2D eigenvalue weighted by Crippen LogP contribution is -2.52. The quantitative estimate of drug-likeness (QED) is 0.476. The molecular weight excluding hydrogens is 156 g/mol. The molecule has 12 heavy (non-hydrogen) atoms. The van der Waals surface area contributed by atoms with E-state index in [4.69, 9.17) is 4.74 Å². The first-order valence-corrected chi connectivity index (χ1v) is 4.45. The van der Waals surface area contributed by atoms with E-state index >= 15 is 0 Å². The summed E-state index contributed by atoms with van der Waals surface area (Å²) in [4.78, 5) is 0. The van der Waals surface area contributed by atoms with Gasteiger partial charge in [-0.05, 0) is 13.0 Å². The van der Waals surface area contributed by atoms with Crippen LogP contribution in [0.25, 0.3) is 0 Å². The summed E-state index contributed by atoms with van der Waals surface area (Å²) in [5, 5.41) is 16.0. The van der Waals surface area contributed by atoms with Crippen LogP contribution in [0.2, 0.25) is 0 Å². The molecule has 4 heteroatoms. The minimum absolute atomic E-state index is 0.189. The van der Waals surface area contributed by atoms with Gasteiger partial charge in [-0.15, -0.1) is 0 Å². The van der Waals surface area contributed by atoms with Crippen molar-refractivity contribution < 1.29 is 9.84 Å². The lowest BCUT2D eigenvalue weighted by molar-refractivity contribution is 0.0935. The van der Waals surface area contributed by atoms with Crippen LogP contribution in [0.4, 0.5) is 0 Å². The zero-order valence-corrected chi connectivity index (χ0v) is 7.55.